The van der Waals surface area contributed by atoms with Crippen LogP contribution in [0.25, 0.3) is 0 Å². The molecule has 0 bridgehead atoms. The van der Waals surface area contributed by atoms with Gasteiger partial charge in [0.25, 0.3) is 0 Å². The largest absolute Gasteiger partial charge is 0.389 e. The number of nitrogens with one attached hydrogen (secondary N) is 1. The number of rotatable bonds is 4. The van der Waals surface area contributed by atoms with Gasteiger partial charge < -0.3 is 10.4 Å². The standard InChI is InChI=1S/C15H21ClFNO/c1-11-4-3-7-15(19,8-11)10-18-9-12-5-2-6-13(16)14(12)17/h2,5-6,11,18-19H,3-4,7-10H2,1H3. The van der Waals surface area contributed by atoms with E-state index in [1.54, 1.807) is 12.1 Å². The van der Waals surface area contributed by atoms with Gasteiger partial charge in [-0.05, 0) is 24.8 Å². The topological polar surface area (TPSA) is 32.3 Å². The van der Waals surface area contributed by atoms with Gasteiger partial charge in [-0.15, -0.1) is 0 Å². The molecule has 0 amide bonds. The Balaban J connectivity index is 1.87. The summed E-state index contributed by atoms with van der Waals surface area (Å²) in [6, 6.07) is 4.98. The van der Waals surface area contributed by atoms with E-state index in [4.69, 9.17) is 11.6 Å². The van der Waals surface area contributed by atoms with Gasteiger partial charge >= 0.3 is 0 Å². The number of hydrogen-bond donors (Lipinski definition) is 2. The van der Waals surface area contributed by atoms with Crippen molar-refractivity contribution in [2.75, 3.05) is 6.54 Å². The Bertz CT molecular complexity index is 440. The van der Waals surface area contributed by atoms with E-state index in [9.17, 15) is 9.50 Å². The van der Waals surface area contributed by atoms with E-state index < -0.39 is 5.60 Å². The molecule has 1 aliphatic rings. The van der Waals surface area contributed by atoms with Gasteiger partial charge in [-0.1, -0.05) is 43.5 Å². The third-order valence-electron chi connectivity index (χ3n) is 3.87. The SMILES string of the molecule is CC1CCCC(O)(CNCc2cccc(Cl)c2F)C1. The third kappa shape index (κ3) is 3.91. The highest BCUT2D eigenvalue weighted by Crippen LogP contribution is 2.31. The molecule has 1 aromatic carbocycles. The van der Waals surface area contributed by atoms with Gasteiger partial charge in [0, 0.05) is 18.7 Å². The number of benzene rings is 1. The van der Waals surface area contributed by atoms with Gasteiger partial charge in [-0.2, -0.15) is 0 Å². The van der Waals surface area contributed by atoms with Crippen molar-refractivity contribution in [1.29, 1.82) is 0 Å². The quantitative estimate of drug-likeness (QED) is 0.887. The molecule has 1 saturated carbocycles. The Labute approximate surface area is 119 Å². The lowest BCUT2D eigenvalue weighted by molar-refractivity contribution is -0.0119. The second-order valence-electron chi connectivity index (χ2n) is 5.74. The average molecular weight is 286 g/mol. The maximum absolute atomic E-state index is 13.7. The maximum atomic E-state index is 13.7. The van der Waals surface area contributed by atoms with Crippen molar-refractivity contribution in [3.8, 4) is 0 Å². The first-order valence-corrected chi connectivity index (χ1v) is 7.24. The van der Waals surface area contributed by atoms with Crippen LogP contribution in [0, 0.1) is 11.7 Å². The minimum absolute atomic E-state index is 0.143. The lowest BCUT2D eigenvalue weighted by Gasteiger charge is -2.35. The normalized spacial score (nSPS) is 27.5. The van der Waals surface area contributed by atoms with E-state index in [1.165, 1.54) is 12.5 Å². The molecule has 4 heteroatoms. The van der Waals surface area contributed by atoms with Crippen LogP contribution in [0.15, 0.2) is 18.2 Å². The molecule has 2 N–H and O–H groups in total. The van der Waals surface area contributed by atoms with Crippen molar-refractivity contribution in [3.05, 3.63) is 34.6 Å². The molecule has 0 aliphatic heterocycles. The van der Waals surface area contributed by atoms with Gasteiger partial charge in [-0.25, -0.2) is 4.39 Å². The first kappa shape index (κ1) is 14.8. The highest BCUT2D eigenvalue weighted by atomic mass is 35.5. The Hall–Kier alpha value is -0.640. The number of aliphatic hydroxyl groups is 1. The summed E-state index contributed by atoms with van der Waals surface area (Å²) in [6.07, 6.45) is 3.89. The van der Waals surface area contributed by atoms with E-state index in [1.807, 2.05) is 0 Å². The van der Waals surface area contributed by atoms with Crippen LogP contribution in [-0.4, -0.2) is 17.3 Å². The Kier molecular flexibility index (Phi) is 4.82. The van der Waals surface area contributed by atoms with Crippen LogP contribution >= 0.6 is 11.6 Å². The second kappa shape index (κ2) is 6.21. The fourth-order valence-corrected chi connectivity index (χ4v) is 3.10. The minimum Gasteiger partial charge on any atom is -0.389 e. The molecule has 1 aromatic rings. The Morgan fingerprint density at radius 1 is 1.53 bits per heavy atom. The Morgan fingerprint density at radius 3 is 3.05 bits per heavy atom. The first-order valence-electron chi connectivity index (χ1n) is 6.86. The molecular formula is C15H21ClFNO. The van der Waals surface area contributed by atoms with Crippen molar-refractivity contribution in [2.45, 2.75) is 44.8 Å². The Morgan fingerprint density at radius 2 is 2.32 bits per heavy atom. The monoisotopic (exact) mass is 285 g/mol. The summed E-state index contributed by atoms with van der Waals surface area (Å²) in [5.74, 6) is 0.184. The van der Waals surface area contributed by atoms with Crippen LogP contribution in [0.3, 0.4) is 0 Å². The third-order valence-corrected chi connectivity index (χ3v) is 4.16. The van der Waals surface area contributed by atoms with Crippen molar-refractivity contribution < 1.29 is 9.50 Å². The number of halogens is 2. The summed E-state index contributed by atoms with van der Waals surface area (Å²) in [4.78, 5) is 0. The van der Waals surface area contributed by atoms with Crippen LogP contribution in [-0.2, 0) is 6.54 Å². The van der Waals surface area contributed by atoms with Gasteiger partial charge in [0.15, 0.2) is 0 Å². The molecule has 1 aliphatic carbocycles. The van der Waals surface area contributed by atoms with Crippen molar-refractivity contribution in [3.63, 3.8) is 0 Å². The molecule has 1 fully saturated rings. The summed E-state index contributed by atoms with van der Waals surface area (Å²) in [5.41, 5.74) is -0.104. The fourth-order valence-electron chi connectivity index (χ4n) is 2.91. The molecule has 19 heavy (non-hydrogen) atoms. The maximum Gasteiger partial charge on any atom is 0.146 e. The molecule has 0 heterocycles. The summed E-state index contributed by atoms with van der Waals surface area (Å²) in [6.45, 7) is 3.06. The van der Waals surface area contributed by atoms with Crippen LogP contribution < -0.4 is 5.32 Å². The predicted octanol–water partition coefficient (Wildman–Crippen LogP) is 3.51. The zero-order valence-electron chi connectivity index (χ0n) is 11.3. The van der Waals surface area contributed by atoms with E-state index >= 15 is 0 Å². The fraction of sp³-hybridized carbons (Fsp3) is 0.600. The second-order valence-corrected chi connectivity index (χ2v) is 6.15. The van der Waals surface area contributed by atoms with E-state index in [-0.39, 0.29) is 10.8 Å². The summed E-state index contributed by atoms with van der Waals surface area (Å²) >= 11 is 5.74. The summed E-state index contributed by atoms with van der Waals surface area (Å²) in [7, 11) is 0. The average Bonchev–Trinajstić information content (AvgIpc) is 2.34. The van der Waals surface area contributed by atoms with Crippen LogP contribution in [0.1, 0.15) is 38.2 Å². The van der Waals surface area contributed by atoms with Gasteiger partial charge in [-0.3, -0.25) is 0 Å². The molecule has 0 aromatic heterocycles. The van der Waals surface area contributed by atoms with Crippen molar-refractivity contribution in [2.24, 2.45) is 5.92 Å². The van der Waals surface area contributed by atoms with Crippen LogP contribution in [0.5, 0.6) is 0 Å². The molecule has 0 spiro atoms. The molecular weight excluding hydrogens is 265 g/mol. The zero-order chi connectivity index (χ0) is 13.9. The molecule has 2 rings (SSSR count). The summed E-state index contributed by atoms with van der Waals surface area (Å²) < 4.78 is 13.7. The molecule has 0 saturated heterocycles. The highest BCUT2D eigenvalue weighted by Gasteiger charge is 2.32. The highest BCUT2D eigenvalue weighted by molar-refractivity contribution is 6.30. The molecule has 106 valence electrons. The van der Waals surface area contributed by atoms with Crippen molar-refractivity contribution in [1.82, 2.24) is 5.32 Å². The van der Waals surface area contributed by atoms with Gasteiger partial charge in [0.1, 0.15) is 5.82 Å². The van der Waals surface area contributed by atoms with E-state index in [0.717, 1.165) is 19.3 Å². The van der Waals surface area contributed by atoms with Gasteiger partial charge in [0.05, 0.1) is 10.6 Å². The smallest absolute Gasteiger partial charge is 0.146 e. The first-order chi connectivity index (χ1) is 9.00. The zero-order valence-corrected chi connectivity index (χ0v) is 12.0. The molecule has 0 radical (unpaired) electrons. The van der Waals surface area contributed by atoms with Crippen LogP contribution in [0.4, 0.5) is 4.39 Å². The van der Waals surface area contributed by atoms with E-state index in [0.29, 0.717) is 24.6 Å². The predicted molar refractivity (Wildman–Crippen MR) is 75.7 cm³/mol. The lowest BCUT2D eigenvalue weighted by Crippen LogP contribution is -2.43. The van der Waals surface area contributed by atoms with Gasteiger partial charge in [0.2, 0.25) is 0 Å². The van der Waals surface area contributed by atoms with E-state index in [2.05, 4.69) is 12.2 Å². The number of hydrogen-bond acceptors (Lipinski definition) is 2. The molecule has 2 nitrogen and oxygen atoms in total. The molecule has 2 unspecified atom stereocenters. The minimum atomic E-state index is -0.646. The van der Waals surface area contributed by atoms with Crippen LogP contribution in [0.2, 0.25) is 5.02 Å². The van der Waals surface area contributed by atoms with Crippen molar-refractivity contribution >= 4 is 11.6 Å². The summed E-state index contributed by atoms with van der Waals surface area (Å²) in [5, 5.41) is 13.8. The lowest BCUT2D eigenvalue weighted by atomic mass is 9.79. The molecule has 2 atom stereocenters.